The highest BCUT2D eigenvalue weighted by atomic mass is 14.8. The highest BCUT2D eigenvalue weighted by Crippen LogP contribution is 2.79. The number of hydrogen-bond acceptors (Lipinski definition) is 0. The van der Waals surface area contributed by atoms with Gasteiger partial charge >= 0.3 is 0 Å². The first-order chi connectivity index (χ1) is 15.4. The van der Waals surface area contributed by atoms with E-state index in [0.717, 1.165) is 35.5 Å². The van der Waals surface area contributed by atoms with E-state index in [9.17, 15) is 0 Å². The summed E-state index contributed by atoms with van der Waals surface area (Å²) in [5.41, 5.74) is 3.49. The number of fused-ring (bicyclic) bond motifs is 7. The summed E-state index contributed by atoms with van der Waals surface area (Å²) in [6.45, 7) is 32.2. The molecule has 0 amide bonds. The van der Waals surface area contributed by atoms with Gasteiger partial charge in [-0.15, -0.1) is 0 Å². The fourth-order valence-corrected chi connectivity index (χ4v) is 13.1. The molecule has 0 heteroatoms. The Hall–Kier alpha value is 0. The van der Waals surface area contributed by atoms with Crippen LogP contribution in [0.1, 0.15) is 141 Å². The smallest absolute Gasteiger partial charge is 0.0235 e. The predicted octanol–water partition coefficient (Wildman–Crippen LogP) is 10.4. The molecule has 34 heavy (non-hydrogen) atoms. The van der Waals surface area contributed by atoms with Crippen LogP contribution in [0.25, 0.3) is 0 Å². The summed E-state index contributed by atoms with van der Waals surface area (Å²) in [4.78, 5) is 0. The van der Waals surface area contributed by atoms with Gasteiger partial charge in [-0.2, -0.15) is 0 Å². The molecule has 5 aliphatic rings. The summed E-state index contributed by atoms with van der Waals surface area (Å²) in [5.74, 6) is 5.37. The van der Waals surface area contributed by atoms with E-state index in [4.69, 9.17) is 0 Å². The first-order valence-electron chi connectivity index (χ1n) is 15.4. The largest absolute Gasteiger partial charge is 0.0622 e. The van der Waals surface area contributed by atoms with Crippen LogP contribution >= 0.6 is 0 Å². The van der Waals surface area contributed by atoms with E-state index in [2.05, 4.69) is 83.1 Å². The molecule has 5 fully saturated rings. The molecule has 0 nitrogen and oxygen atoms in total. The van der Waals surface area contributed by atoms with Crippen LogP contribution < -0.4 is 0 Å². The molecule has 5 rings (SSSR count). The molecule has 0 spiro atoms. The van der Waals surface area contributed by atoms with Gasteiger partial charge in [0.15, 0.2) is 0 Å². The summed E-state index contributed by atoms with van der Waals surface area (Å²) < 4.78 is 0. The van der Waals surface area contributed by atoms with Crippen molar-refractivity contribution in [2.75, 3.05) is 0 Å². The Kier molecular flexibility index (Phi) is 5.35. The third-order valence-corrected chi connectivity index (χ3v) is 15.5. The molecule has 0 aromatic carbocycles. The summed E-state index contributed by atoms with van der Waals surface area (Å²) >= 11 is 0. The molecule has 0 saturated heterocycles. The molecule has 0 N–H and O–H groups in total. The third kappa shape index (κ3) is 2.96. The Morgan fingerprint density at radius 1 is 0.618 bits per heavy atom. The fourth-order valence-electron chi connectivity index (χ4n) is 13.1. The molecule has 4 unspecified atom stereocenters. The lowest BCUT2D eigenvalue weighted by atomic mass is 9.29. The summed E-state index contributed by atoms with van der Waals surface area (Å²) in [7, 11) is 0. The van der Waals surface area contributed by atoms with Gasteiger partial charge < -0.3 is 0 Å². The van der Waals surface area contributed by atoms with Gasteiger partial charge in [0.2, 0.25) is 0 Å². The van der Waals surface area contributed by atoms with Crippen LogP contribution in [0.4, 0.5) is 0 Å². The Balaban J connectivity index is 1.59. The van der Waals surface area contributed by atoms with E-state index in [1.54, 1.807) is 0 Å². The highest BCUT2D eigenvalue weighted by Gasteiger charge is 2.72. The SMILES string of the molecule is CC1CC2[C@@]3(C)CC[C@H](C)C(C)(C)C3CC[C@@]2(C)[C@]2(C)CC[C@]3(C)[C@@H](CC(C)(C)CC3(C)C)C12. The minimum atomic E-state index is 0.450. The summed E-state index contributed by atoms with van der Waals surface area (Å²) in [6.07, 6.45) is 13.2. The molecular weight excluding hydrogens is 408 g/mol. The van der Waals surface area contributed by atoms with Crippen molar-refractivity contribution in [2.45, 2.75) is 141 Å². The van der Waals surface area contributed by atoms with E-state index >= 15 is 0 Å². The van der Waals surface area contributed by atoms with Crippen molar-refractivity contribution in [2.24, 2.45) is 73.4 Å². The van der Waals surface area contributed by atoms with Crippen LogP contribution in [-0.4, -0.2) is 0 Å². The molecule has 0 radical (unpaired) electrons. The molecular formula is C34H60. The van der Waals surface area contributed by atoms with Crippen molar-refractivity contribution in [1.29, 1.82) is 0 Å². The van der Waals surface area contributed by atoms with E-state index in [0.29, 0.717) is 37.9 Å². The van der Waals surface area contributed by atoms with Crippen molar-refractivity contribution in [3.05, 3.63) is 0 Å². The maximum atomic E-state index is 2.83. The van der Waals surface area contributed by atoms with Crippen LogP contribution in [0.2, 0.25) is 0 Å². The monoisotopic (exact) mass is 468 g/mol. The van der Waals surface area contributed by atoms with Gasteiger partial charge in [-0.1, -0.05) is 83.1 Å². The molecule has 0 aliphatic heterocycles. The van der Waals surface area contributed by atoms with Crippen molar-refractivity contribution in [1.82, 2.24) is 0 Å². The van der Waals surface area contributed by atoms with Crippen molar-refractivity contribution in [3.63, 3.8) is 0 Å². The number of rotatable bonds is 0. The molecule has 196 valence electrons. The molecule has 10 atom stereocenters. The Morgan fingerprint density at radius 3 is 1.88 bits per heavy atom. The second-order valence-corrected chi connectivity index (χ2v) is 17.9. The van der Waals surface area contributed by atoms with Crippen molar-refractivity contribution >= 4 is 0 Å². The molecule has 5 aliphatic carbocycles. The molecule has 0 bridgehead atoms. The molecule has 5 saturated carbocycles. The lowest BCUT2D eigenvalue weighted by Crippen LogP contribution is -2.69. The van der Waals surface area contributed by atoms with E-state index < -0.39 is 0 Å². The Bertz CT molecular complexity index is 831. The third-order valence-electron chi connectivity index (χ3n) is 15.5. The quantitative estimate of drug-likeness (QED) is 0.331. The number of hydrogen-bond donors (Lipinski definition) is 0. The normalized spacial score (nSPS) is 57.5. The van der Waals surface area contributed by atoms with Crippen LogP contribution in [0.3, 0.4) is 0 Å². The second-order valence-electron chi connectivity index (χ2n) is 17.9. The second kappa shape index (κ2) is 7.10. The standard InChI is InChI=1S/C34H60/c1-22-19-26-31(9)15-13-23(2)30(7,8)25(31)14-16-33(26,11)34(12)18-17-32(10)24(27(22)34)20-28(3,4)21-29(32,5)6/h22-27H,13-21H2,1-12H3/t22?,23-,24-,25?,26?,27?,31-,32+,33+,34+/m0/s1. The van der Waals surface area contributed by atoms with Gasteiger partial charge in [0.05, 0.1) is 0 Å². The van der Waals surface area contributed by atoms with Gasteiger partial charge in [-0.3, -0.25) is 0 Å². The maximum Gasteiger partial charge on any atom is -0.0235 e. The minimum absolute atomic E-state index is 0.450. The molecule has 0 heterocycles. The van der Waals surface area contributed by atoms with Gasteiger partial charge in [-0.25, -0.2) is 0 Å². The van der Waals surface area contributed by atoms with Gasteiger partial charge in [0.25, 0.3) is 0 Å². The van der Waals surface area contributed by atoms with Crippen molar-refractivity contribution < 1.29 is 0 Å². The van der Waals surface area contributed by atoms with E-state index in [-0.39, 0.29) is 0 Å². The lowest BCUT2D eigenvalue weighted by molar-refractivity contribution is -0.275. The van der Waals surface area contributed by atoms with Crippen LogP contribution in [0, 0.1) is 73.4 Å². The minimum Gasteiger partial charge on any atom is -0.0622 e. The topological polar surface area (TPSA) is 0 Å². The van der Waals surface area contributed by atoms with Crippen LogP contribution in [0.15, 0.2) is 0 Å². The Morgan fingerprint density at radius 2 is 1.24 bits per heavy atom. The fraction of sp³-hybridized carbons (Fsp3) is 1.00. The molecule has 0 aromatic rings. The van der Waals surface area contributed by atoms with Crippen molar-refractivity contribution in [3.8, 4) is 0 Å². The summed E-state index contributed by atoms with van der Waals surface area (Å²) in [5, 5.41) is 0. The zero-order chi connectivity index (χ0) is 25.3. The summed E-state index contributed by atoms with van der Waals surface area (Å²) in [6, 6.07) is 0. The van der Waals surface area contributed by atoms with Crippen LogP contribution in [0.5, 0.6) is 0 Å². The average Bonchev–Trinajstić information content (AvgIpc) is 2.68. The zero-order valence-corrected chi connectivity index (χ0v) is 25.3. The predicted molar refractivity (Wildman–Crippen MR) is 148 cm³/mol. The van der Waals surface area contributed by atoms with E-state index in [1.165, 1.54) is 57.8 Å². The first-order valence-corrected chi connectivity index (χ1v) is 15.4. The zero-order valence-electron chi connectivity index (χ0n) is 25.3. The van der Waals surface area contributed by atoms with E-state index in [1.807, 2.05) is 0 Å². The lowest BCUT2D eigenvalue weighted by Gasteiger charge is -2.76. The highest BCUT2D eigenvalue weighted by molar-refractivity contribution is 5.20. The Labute approximate surface area is 214 Å². The maximum absolute atomic E-state index is 2.83. The van der Waals surface area contributed by atoms with Gasteiger partial charge in [0.1, 0.15) is 0 Å². The molecule has 0 aromatic heterocycles. The van der Waals surface area contributed by atoms with Gasteiger partial charge in [-0.05, 0) is 131 Å². The van der Waals surface area contributed by atoms with Crippen LogP contribution in [-0.2, 0) is 0 Å². The van der Waals surface area contributed by atoms with Gasteiger partial charge in [0, 0.05) is 0 Å². The first kappa shape index (κ1) is 25.6. The average molecular weight is 469 g/mol.